The molecule has 0 aromatic rings. The zero-order chi connectivity index (χ0) is 31.4. The molecule has 3 atom stereocenters. The minimum Gasteiger partial charge on any atom is -0.300 e. The van der Waals surface area contributed by atoms with Gasteiger partial charge in [-0.05, 0) is 19.6 Å². The van der Waals surface area contributed by atoms with Crippen LogP contribution in [0.2, 0.25) is 5.82 Å². The molecule has 3 aliphatic heterocycles. The Labute approximate surface area is 328 Å². The second kappa shape index (κ2) is 23.4. The minimum atomic E-state index is -1.14. The van der Waals surface area contributed by atoms with Crippen LogP contribution in [0, 0.1) is 93.3 Å². The molecule has 3 unspecified atom stereocenters. The van der Waals surface area contributed by atoms with Crippen molar-refractivity contribution in [1.82, 2.24) is 14.7 Å². The average molecular weight is 1260 g/mol. The van der Waals surface area contributed by atoms with E-state index in [0.29, 0.717) is 0 Å². The third-order valence-corrected chi connectivity index (χ3v) is 5.11. The van der Waals surface area contributed by atoms with E-state index in [1.807, 2.05) is 0 Å². The van der Waals surface area contributed by atoms with Crippen LogP contribution in [-0.4, -0.2) is 109 Å². The molecule has 3 rings (SSSR count). The molecule has 6 amide bonds. The van der Waals surface area contributed by atoms with Crippen molar-refractivity contribution in [2.75, 3.05) is 6.54 Å². The first-order valence-electron chi connectivity index (χ1n) is 12.7. The predicted molar refractivity (Wildman–Crippen MR) is 144 cm³/mol. The number of rotatable bonds is 9. The fourth-order valence-corrected chi connectivity index (χ4v) is 3.01. The first-order chi connectivity index (χ1) is 19.2. The number of imide groups is 3. The molecule has 12 nitrogen and oxygen atoms in total. The molecule has 0 aromatic carbocycles. The molecule has 0 N–H and O–H groups in total. The maximum atomic E-state index is 11.1. The van der Waals surface area contributed by atoms with Crippen molar-refractivity contribution in [2.24, 2.45) is 0 Å². The monoisotopic (exact) mass is 1260 g/mol. The van der Waals surface area contributed by atoms with Gasteiger partial charge in [0.25, 0.3) is 35.4 Å². The summed E-state index contributed by atoms with van der Waals surface area (Å²) in [6, 6.07) is 0. The van der Waals surface area contributed by atoms with Gasteiger partial charge in [-0.15, -0.1) is 0 Å². The van der Waals surface area contributed by atoms with E-state index in [1.54, 1.807) is 6.92 Å². The molecule has 6 radical (unpaired) electrons. The van der Waals surface area contributed by atoms with Crippen LogP contribution in [0.25, 0.3) is 0 Å². The van der Waals surface area contributed by atoms with Gasteiger partial charge >= 0.3 is 0 Å². The Bertz CT molecular complexity index is 1180. The molecule has 18 heteroatoms. The average Bonchev–Trinajstić information content (AvgIpc) is 3.58. The topological polar surface area (TPSA) is 163 Å². The number of carbonyl (C=O) groups excluding carboxylic acids is 9. The van der Waals surface area contributed by atoms with Crippen LogP contribution in [0.1, 0.15) is 43.7 Å². The van der Waals surface area contributed by atoms with Crippen LogP contribution in [0.4, 0.5) is 0 Å². The second-order valence-corrected chi connectivity index (χ2v) is 8.03. The zero-order valence-electron chi connectivity index (χ0n) is 24.5. The van der Waals surface area contributed by atoms with Gasteiger partial charge in [0, 0.05) is 158 Å². The van der Waals surface area contributed by atoms with E-state index in [9.17, 15) is 43.2 Å². The van der Waals surface area contributed by atoms with Gasteiger partial charge in [0.05, 0.1) is 13.8 Å². The first-order valence-corrected chi connectivity index (χ1v) is 11.3. The molecule has 0 bridgehead atoms. The van der Waals surface area contributed by atoms with E-state index in [-0.39, 0.29) is 126 Å². The van der Waals surface area contributed by atoms with E-state index < -0.39 is 78.5 Å². The molecular weight excluding hydrogens is 1230 g/mol. The Morgan fingerprint density at radius 2 is 1.12 bits per heavy atom. The quantitative estimate of drug-likeness (QED) is 0.206. The number of Topliss-reactive ketones (excluding diaryl/α,β-unsaturated/α-hetero) is 3. The van der Waals surface area contributed by atoms with Gasteiger partial charge in [-0.1, -0.05) is 14.4 Å². The van der Waals surface area contributed by atoms with Crippen LogP contribution >= 0.6 is 0 Å². The van der Waals surface area contributed by atoms with Gasteiger partial charge in [-0.25, -0.2) is 0 Å². The van der Waals surface area contributed by atoms with Crippen molar-refractivity contribution < 1.29 is 139 Å². The van der Waals surface area contributed by atoms with Crippen LogP contribution in [-0.2, 0) is 43.2 Å². The number of nitrogens with zero attached hydrogens (tertiary/aromatic N) is 3. The van der Waals surface area contributed by atoms with Gasteiger partial charge in [-0.3, -0.25) is 53.1 Å². The number of hydrogen-bond donors (Lipinski definition) is 0. The van der Waals surface area contributed by atoms with Crippen LogP contribution in [0.15, 0.2) is 36.5 Å². The minimum absolute atomic E-state index is 0. The van der Waals surface area contributed by atoms with E-state index in [1.165, 1.54) is 0 Å². The van der Waals surface area contributed by atoms with Crippen molar-refractivity contribution in [3.05, 3.63) is 36.5 Å². The summed E-state index contributed by atoms with van der Waals surface area (Å²) in [5, 5.41) is 0. The van der Waals surface area contributed by atoms with Crippen molar-refractivity contribution >= 4 is 76.3 Å². The van der Waals surface area contributed by atoms with Crippen molar-refractivity contribution in [3.8, 4) is 0 Å². The molecule has 218 valence electrons. The standard InChI is InChI=1S/3C8H8BNO3.CH4.3U/c1-5(11)6(9)4-10-7(12)2-3-8(10)13;1-5(11)4-6(9)10-7(12)2-3-8(10)13;1-2-5(11)8(9)10-6(12)3-4-7(10)13;;;;/h2*2-3,6H,4H2,1H3;3-4,8H,2H2,1H3;1H4;;;/i2*1D;;;;;. The smallest absolute Gasteiger partial charge is 0.253 e. The fourth-order valence-electron chi connectivity index (χ4n) is 3.01. The van der Waals surface area contributed by atoms with Crippen molar-refractivity contribution in [1.29, 1.82) is 0 Å². The Balaban J connectivity index is -0.000000268. The van der Waals surface area contributed by atoms with Crippen LogP contribution in [0.5, 0.6) is 0 Å². The molecule has 0 aromatic heterocycles. The fraction of sp³-hybridized carbons (Fsp3) is 0.400. The summed E-state index contributed by atoms with van der Waals surface area (Å²) in [7, 11) is 16.3. The molecule has 0 spiro atoms. The summed E-state index contributed by atoms with van der Waals surface area (Å²) in [5.74, 6) is -7.29. The molecule has 0 aliphatic carbocycles. The van der Waals surface area contributed by atoms with E-state index >= 15 is 0 Å². The van der Waals surface area contributed by atoms with Crippen molar-refractivity contribution in [3.63, 3.8) is 0 Å². The Morgan fingerprint density at radius 1 is 0.721 bits per heavy atom. The van der Waals surface area contributed by atoms with Gasteiger partial charge < -0.3 is 4.79 Å². The Hall–Kier alpha value is -0.999. The number of hydrogen-bond acceptors (Lipinski definition) is 9. The van der Waals surface area contributed by atoms with Gasteiger partial charge in [0.2, 0.25) is 0 Å². The number of carbonyl (C=O) groups is 9. The molecule has 0 saturated carbocycles. The molecule has 3 aliphatic rings. The predicted octanol–water partition coefficient (Wildman–Crippen LogP) is -1.14. The molecule has 0 saturated heterocycles. The summed E-state index contributed by atoms with van der Waals surface area (Å²) < 4.78 is 13.5. The summed E-state index contributed by atoms with van der Waals surface area (Å²) in [4.78, 5) is 102. The summed E-state index contributed by atoms with van der Waals surface area (Å²) >= 11 is 0. The SMILES string of the molecule is C.[2H]CC(=O)C([B])CN1C(=O)C=CC1=O.[2H]CC(=O)CC([B])N1C(=O)C=CC1=O.[B]C(C(=O)CC)N1C(=O)C=CC1=O.[U].[U].[U]. The van der Waals surface area contributed by atoms with Crippen LogP contribution < -0.4 is 0 Å². The molecular formula is C25H28B3N3O9U3. The molecule has 43 heavy (non-hydrogen) atoms. The summed E-state index contributed by atoms with van der Waals surface area (Å²) in [6.45, 7) is 0.644. The van der Waals surface area contributed by atoms with E-state index in [2.05, 4.69) is 0 Å². The number of ketones is 3. The Kier molecular flexibility index (Phi) is 24.0. The largest absolute Gasteiger partial charge is 0.300 e. The first kappa shape index (κ1) is 44.1. The maximum Gasteiger partial charge on any atom is 0.253 e. The normalized spacial score (nSPS) is 17.0. The van der Waals surface area contributed by atoms with E-state index in [4.69, 9.17) is 26.3 Å². The van der Waals surface area contributed by atoms with Gasteiger partial charge in [-0.2, -0.15) is 0 Å². The Morgan fingerprint density at radius 3 is 1.49 bits per heavy atom. The van der Waals surface area contributed by atoms with E-state index in [0.717, 1.165) is 51.2 Å². The summed E-state index contributed by atoms with van der Waals surface area (Å²) in [6.07, 6.45) is 6.71. The van der Waals surface area contributed by atoms with Crippen molar-refractivity contribution in [2.45, 2.75) is 58.7 Å². The summed E-state index contributed by atoms with van der Waals surface area (Å²) in [5.41, 5.74) is 0. The van der Waals surface area contributed by atoms with Gasteiger partial charge in [0.1, 0.15) is 33.0 Å². The third-order valence-electron chi connectivity index (χ3n) is 5.11. The zero-order valence-corrected chi connectivity index (χ0v) is 35.0. The number of amides is 6. The van der Waals surface area contributed by atoms with Crippen LogP contribution in [0.3, 0.4) is 0 Å². The third kappa shape index (κ3) is 15.2. The maximum absolute atomic E-state index is 11.1. The molecule has 0 fully saturated rings. The molecule has 3 heterocycles. The van der Waals surface area contributed by atoms with Gasteiger partial charge in [0.15, 0.2) is 0 Å². The second-order valence-electron chi connectivity index (χ2n) is 8.03.